The predicted octanol–water partition coefficient (Wildman–Crippen LogP) is 1.74. The Hall–Kier alpha value is -0.0400. The maximum Gasteiger partial charge on any atom is 0.0184 e. The van der Waals surface area contributed by atoms with Crippen LogP contribution < -0.4 is 0 Å². The van der Waals surface area contributed by atoms with Gasteiger partial charge in [-0.2, -0.15) is 0 Å². The molecule has 0 amide bonds. The summed E-state index contributed by atoms with van der Waals surface area (Å²) >= 11 is 0. The van der Waals surface area contributed by atoms with Gasteiger partial charge in [0.2, 0.25) is 0 Å². The molecule has 0 aromatic rings. The van der Waals surface area contributed by atoms with Crippen molar-refractivity contribution in [2.75, 3.05) is 7.05 Å². The van der Waals surface area contributed by atoms with Crippen molar-refractivity contribution in [2.24, 2.45) is 11.3 Å². The van der Waals surface area contributed by atoms with E-state index >= 15 is 0 Å². The summed E-state index contributed by atoms with van der Waals surface area (Å²) < 4.78 is 0. The Morgan fingerprint density at radius 3 is 2.30 bits per heavy atom. The topological polar surface area (TPSA) is 3.24 Å². The SMILES string of the molecule is C[C@@H]1C[C@@H]2[C@H](N1C)C2(C)C. The fourth-order valence-corrected chi connectivity index (χ4v) is 2.76. The normalized spacial score (nSPS) is 51.0. The quantitative estimate of drug-likeness (QED) is 0.494. The molecule has 0 spiro atoms. The second kappa shape index (κ2) is 1.58. The molecule has 1 heterocycles. The zero-order valence-corrected chi connectivity index (χ0v) is 7.39. The lowest BCUT2D eigenvalue weighted by molar-refractivity contribution is 0.232. The maximum atomic E-state index is 2.55. The highest BCUT2D eigenvalue weighted by atomic mass is 15.2. The number of nitrogens with zero attached hydrogens (tertiary/aromatic N) is 1. The third-order valence-electron chi connectivity index (χ3n) is 3.72. The molecule has 1 nitrogen and oxygen atoms in total. The van der Waals surface area contributed by atoms with E-state index in [-0.39, 0.29) is 0 Å². The Morgan fingerprint density at radius 2 is 2.00 bits per heavy atom. The van der Waals surface area contributed by atoms with Crippen molar-refractivity contribution in [1.82, 2.24) is 4.90 Å². The molecule has 0 aromatic heterocycles. The average Bonchev–Trinajstić information content (AvgIpc) is 2.12. The lowest BCUT2D eigenvalue weighted by Gasteiger charge is -2.23. The van der Waals surface area contributed by atoms with Gasteiger partial charge in [0.15, 0.2) is 0 Å². The van der Waals surface area contributed by atoms with Crippen molar-refractivity contribution in [2.45, 2.75) is 39.3 Å². The number of hydrogen-bond acceptors (Lipinski definition) is 1. The lowest BCUT2D eigenvalue weighted by atomic mass is 10.0. The van der Waals surface area contributed by atoms with Gasteiger partial charge < -0.3 is 0 Å². The van der Waals surface area contributed by atoms with E-state index in [2.05, 4.69) is 32.7 Å². The van der Waals surface area contributed by atoms with Crippen LogP contribution in [0.5, 0.6) is 0 Å². The summed E-state index contributed by atoms with van der Waals surface area (Å²) in [4.78, 5) is 2.55. The molecular formula is C9H17N. The molecule has 0 aromatic carbocycles. The number of likely N-dealkylation sites (tertiary alicyclic amines) is 1. The van der Waals surface area contributed by atoms with Crippen molar-refractivity contribution < 1.29 is 0 Å². The Bertz CT molecular complexity index is 160. The summed E-state index contributed by atoms with van der Waals surface area (Å²) in [7, 11) is 2.27. The molecule has 1 saturated carbocycles. The van der Waals surface area contributed by atoms with Crippen LogP contribution in [0.4, 0.5) is 0 Å². The van der Waals surface area contributed by atoms with Crippen LogP contribution in [0.25, 0.3) is 0 Å². The molecule has 2 rings (SSSR count). The van der Waals surface area contributed by atoms with Gasteiger partial charge in [-0.3, -0.25) is 4.90 Å². The molecule has 1 saturated heterocycles. The molecule has 0 N–H and O–H groups in total. The van der Waals surface area contributed by atoms with Crippen LogP contribution in [-0.2, 0) is 0 Å². The third kappa shape index (κ3) is 0.572. The summed E-state index contributed by atoms with van der Waals surface area (Å²) in [5.41, 5.74) is 0.640. The van der Waals surface area contributed by atoms with Gasteiger partial charge in [0.05, 0.1) is 0 Å². The summed E-state index contributed by atoms with van der Waals surface area (Å²) in [6.45, 7) is 7.12. The minimum atomic E-state index is 0.640. The first-order valence-electron chi connectivity index (χ1n) is 4.27. The molecule has 1 aliphatic heterocycles. The largest absolute Gasteiger partial charge is 0.300 e. The zero-order valence-electron chi connectivity index (χ0n) is 7.39. The molecule has 2 aliphatic rings. The van der Waals surface area contributed by atoms with Crippen LogP contribution in [-0.4, -0.2) is 24.0 Å². The third-order valence-corrected chi connectivity index (χ3v) is 3.72. The molecule has 0 unspecified atom stereocenters. The summed E-state index contributed by atoms with van der Waals surface area (Å²) in [5, 5.41) is 0. The van der Waals surface area contributed by atoms with E-state index in [0.717, 1.165) is 18.0 Å². The van der Waals surface area contributed by atoms with E-state index in [9.17, 15) is 0 Å². The average molecular weight is 139 g/mol. The molecule has 0 radical (unpaired) electrons. The Labute approximate surface area is 63.4 Å². The first-order valence-corrected chi connectivity index (χ1v) is 4.27. The minimum absolute atomic E-state index is 0.640. The van der Waals surface area contributed by atoms with Crippen LogP contribution in [0, 0.1) is 11.3 Å². The second-order valence-corrected chi connectivity index (χ2v) is 4.62. The smallest absolute Gasteiger partial charge is 0.0184 e. The number of piperidine rings is 1. The van der Waals surface area contributed by atoms with E-state index in [1.807, 2.05) is 0 Å². The standard InChI is InChI=1S/C9H17N/c1-6-5-7-8(10(6)4)9(7,2)3/h6-8H,5H2,1-4H3/t6-,7-,8+/m1/s1. The van der Waals surface area contributed by atoms with Crippen LogP contribution >= 0.6 is 0 Å². The van der Waals surface area contributed by atoms with Crippen molar-refractivity contribution in [3.05, 3.63) is 0 Å². The van der Waals surface area contributed by atoms with Crippen LogP contribution in [0.3, 0.4) is 0 Å². The van der Waals surface area contributed by atoms with E-state index in [0.29, 0.717) is 5.41 Å². The molecule has 1 heteroatoms. The Kier molecular flexibility index (Phi) is 1.05. The first kappa shape index (κ1) is 6.66. The Morgan fingerprint density at radius 1 is 1.40 bits per heavy atom. The maximum absolute atomic E-state index is 2.55. The van der Waals surface area contributed by atoms with Crippen LogP contribution in [0.15, 0.2) is 0 Å². The van der Waals surface area contributed by atoms with E-state index in [4.69, 9.17) is 0 Å². The zero-order chi connectivity index (χ0) is 7.52. The monoisotopic (exact) mass is 139 g/mol. The van der Waals surface area contributed by atoms with Gasteiger partial charge >= 0.3 is 0 Å². The van der Waals surface area contributed by atoms with Crippen molar-refractivity contribution in [3.63, 3.8) is 0 Å². The molecule has 1 aliphatic carbocycles. The van der Waals surface area contributed by atoms with E-state index < -0.39 is 0 Å². The second-order valence-electron chi connectivity index (χ2n) is 4.62. The van der Waals surface area contributed by atoms with Gasteiger partial charge in [-0.25, -0.2) is 0 Å². The first-order chi connectivity index (χ1) is 4.55. The van der Waals surface area contributed by atoms with Gasteiger partial charge in [-0.1, -0.05) is 13.8 Å². The number of rotatable bonds is 0. The van der Waals surface area contributed by atoms with E-state index in [1.165, 1.54) is 6.42 Å². The fourth-order valence-electron chi connectivity index (χ4n) is 2.76. The molecule has 3 atom stereocenters. The summed E-state index contributed by atoms with van der Waals surface area (Å²) in [5.74, 6) is 1.01. The highest BCUT2D eigenvalue weighted by molar-refractivity contribution is 5.16. The highest BCUT2D eigenvalue weighted by Gasteiger charge is 2.64. The summed E-state index contributed by atoms with van der Waals surface area (Å²) in [6, 6.07) is 1.74. The van der Waals surface area contributed by atoms with Crippen LogP contribution in [0.1, 0.15) is 27.2 Å². The summed E-state index contributed by atoms with van der Waals surface area (Å²) in [6.07, 6.45) is 1.42. The van der Waals surface area contributed by atoms with Crippen LogP contribution in [0.2, 0.25) is 0 Å². The van der Waals surface area contributed by atoms with Gasteiger partial charge in [-0.15, -0.1) is 0 Å². The van der Waals surface area contributed by atoms with Crippen molar-refractivity contribution in [3.8, 4) is 0 Å². The van der Waals surface area contributed by atoms with Crippen molar-refractivity contribution >= 4 is 0 Å². The van der Waals surface area contributed by atoms with Gasteiger partial charge in [0.25, 0.3) is 0 Å². The van der Waals surface area contributed by atoms with Gasteiger partial charge in [-0.05, 0) is 31.7 Å². The number of hydrogen-bond donors (Lipinski definition) is 0. The minimum Gasteiger partial charge on any atom is -0.300 e. The van der Waals surface area contributed by atoms with Gasteiger partial charge in [0.1, 0.15) is 0 Å². The van der Waals surface area contributed by atoms with E-state index in [1.54, 1.807) is 0 Å². The molecule has 58 valence electrons. The van der Waals surface area contributed by atoms with Crippen molar-refractivity contribution in [1.29, 1.82) is 0 Å². The molecule has 0 bridgehead atoms. The fraction of sp³-hybridized carbons (Fsp3) is 1.00. The van der Waals surface area contributed by atoms with Gasteiger partial charge in [0, 0.05) is 12.1 Å². The Balaban J connectivity index is 2.13. The molecular weight excluding hydrogens is 122 g/mol. The predicted molar refractivity (Wildman–Crippen MR) is 42.9 cm³/mol. The highest BCUT2D eigenvalue weighted by Crippen LogP contribution is 2.61. The molecule has 10 heavy (non-hydrogen) atoms. The lowest BCUT2D eigenvalue weighted by Crippen LogP contribution is -2.30. The molecule has 2 fully saturated rings. The number of fused-ring (bicyclic) bond motifs is 1.